The SMILES string of the molecule is CCCCCCCCC[C@H](C)C(=O)NS(=O)(=O)OC[C@H]1O[C@@H](n2cnc3c(N)ncnc32)[C@H](O)[C@@H]1O. The van der Waals surface area contributed by atoms with E-state index in [-0.39, 0.29) is 11.5 Å². The Morgan fingerprint density at radius 3 is 2.58 bits per heavy atom. The maximum atomic E-state index is 12.3. The van der Waals surface area contributed by atoms with E-state index in [0.717, 1.165) is 19.3 Å². The van der Waals surface area contributed by atoms with Gasteiger partial charge in [0.05, 0.1) is 12.9 Å². The Morgan fingerprint density at radius 1 is 1.17 bits per heavy atom. The molecule has 5 N–H and O–H groups in total. The van der Waals surface area contributed by atoms with Crippen LogP contribution in [0.5, 0.6) is 0 Å². The van der Waals surface area contributed by atoms with Gasteiger partial charge < -0.3 is 20.7 Å². The smallest absolute Gasteiger partial charge is 0.362 e. The number of carbonyl (C=O) groups excluding carboxylic acids is 1. The minimum absolute atomic E-state index is 0.134. The molecule has 5 atom stereocenters. The Kier molecular flexibility index (Phi) is 9.96. The van der Waals surface area contributed by atoms with Crippen LogP contribution in [0.1, 0.15) is 71.4 Å². The summed E-state index contributed by atoms with van der Waals surface area (Å²) in [5.41, 5.74) is 6.33. The normalized spacial score (nSPS) is 23.2. The third kappa shape index (κ3) is 7.09. The molecule has 2 aromatic heterocycles. The van der Waals surface area contributed by atoms with Gasteiger partial charge in [-0.25, -0.2) is 19.7 Å². The molecule has 13 nitrogen and oxygen atoms in total. The highest BCUT2D eigenvalue weighted by Gasteiger charge is 2.45. The van der Waals surface area contributed by atoms with E-state index in [0.29, 0.717) is 11.9 Å². The van der Waals surface area contributed by atoms with Crippen LogP contribution in [0, 0.1) is 5.92 Å². The third-order valence-corrected chi connectivity index (χ3v) is 7.20. The number of aromatic nitrogens is 4. The number of ether oxygens (including phenoxy) is 1. The van der Waals surface area contributed by atoms with Crippen LogP contribution in [-0.4, -0.2) is 69.0 Å². The molecule has 202 valence electrons. The lowest BCUT2D eigenvalue weighted by Gasteiger charge is -2.16. The molecule has 1 fully saturated rings. The Morgan fingerprint density at radius 2 is 1.86 bits per heavy atom. The van der Waals surface area contributed by atoms with Crippen molar-refractivity contribution in [2.75, 3.05) is 12.3 Å². The van der Waals surface area contributed by atoms with E-state index in [1.165, 1.54) is 42.9 Å². The van der Waals surface area contributed by atoms with Crippen LogP contribution in [0.3, 0.4) is 0 Å². The predicted octanol–water partition coefficient (Wildman–Crippen LogP) is 1.18. The third-order valence-electron chi connectivity index (χ3n) is 6.30. The molecule has 0 bridgehead atoms. The summed E-state index contributed by atoms with van der Waals surface area (Å²) in [5.74, 6) is -1.02. The summed E-state index contributed by atoms with van der Waals surface area (Å²) in [4.78, 5) is 24.3. The summed E-state index contributed by atoms with van der Waals surface area (Å²) in [6, 6.07) is 0. The van der Waals surface area contributed by atoms with Crippen molar-refractivity contribution >= 4 is 33.2 Å². The molecule has 1 saturated heterocycles. The molecule has 1 aliphatic rings. The highest BCUT2D eigenvalue weighted by Crippen LogP contribution is 2.32. The molecule has 0 unspecified atom stereocenters. The van der Waals surface area contributed by atoms with E-state index in [1.54, 1.807) is 6.92 Å². The molecule has 3 rings (SSSR count). The summed E-state index contributed by atoms with van der Waals surface area (Å²) >= 11 is 0. The number of aliphatic hydroxyl groups excluding tert-OH is 2. The summed E-state index contributed by atoms with van der Waals surface area (Å²) < 4.78 is 38.4. The fourth-order valence-electron chi connectivity index (χ4n) is 4.10. The molecule has 0 aromatic carbocycles. The van der Waals surface area contributed by atoms with Gasteiger partial charge in [-0.05, 0) is 6.42 Å². The second-order valence-electron chi connectivity index (χ2n) is 9.15. The zero-order valence-corrected chi connectivity index (χ0v) is 21.4. The Labute approximate surface area is 210 Å². The molecule has 1 amide bonds. The van der Waals surface area contributed by atoms with Crippen LogP contribution in [0.15, 0.2) is 12.7 Å². The van der Waals surface area contributed by atoms with Crippen molar-refractivity contribution in [2.45, 2.75) is 89.8 Å². The van der Waals surface area contributed by atoms with Crippen molar-refractivity contribution in [1.29, 1.82) is 0 Å². The lowest BCUT2D eigenvalue weighted by Crippen LogP contribution is -2.39. The van der Waals surface area contributed by atoms with E-state index in [2.05, 4.69) is 21.9 Å². The van der Waals surface area contributed by atoms with Crippen LogP contribution < -0.4 is 10.5 Å². The van der Waals surface area contributed by atoms with Crippen molar-refractivity contribution in [3.05, 3.63) is 12.7 Å². The van der Waals surface area contributed by atoms with Gasteiger partial charge in [0.25, 0.3) is 0 Å². The topological polar surface area (TPSA) is 192 Å². The van der Waals surface area contributed by atoms with Crippen LogP contribution in [0.25, 0.3) is 11.2 Å². The summed E-state index contributed by atoms with van der Waals surface area (Å²) in [6.45, 7) is 3.21. The van der Waals surface area contributed by atoms with Gasteiger partial charge in [-0.1, -0.05) is 58.8 Å². The molecule has 0 saturated carbocycles. The minimum Gasteiger partial charge on any atom is -0.387 e. The molecule has 1 aliphatic heterocycles. The van der Waals surface area contributed by atoms with E-state index < -0.39 is 53.3 Å². The molecular formula is C22H36N6O7S. The number of hydrogen-bond donors (Lipinski definition) is 4. The van der Waals surface area contributed by atoms with Gasteiger partial charge in [0.2, 0.25) is 5.91 Å². The van der Waals surface area contributed by atoms with Crippen LogP contribution in [-0.2, 0) is 24.0 Å². The summed E-state index contributed by atoms with van der Waals surface area (Å²) in [5, 5.41) is 20.8. The lowest BCUT2D eigenvalue weighted by atomic mass is 10.0. The van der Waals surface area contributed by atoms with Gasteiger partial charge in [0, 0.05) is 5.92 Å². The molecule has 0 spiro atoms. The van der Waals surface area contributed by atoms with Crippen LogP contribution in [0.2, 0.25) is 0 Å². The van der Waals surface area contributed by atoms with Crippen molar-refractivity contribution < 1.29 is 32.3 Å². The zero-order chi connectivity index (χ0) is 26.3. The maximum absolute atomic E-state index is 12.3. The number of nitrogens with one attached hydrogen (secondary N) is 1. The largest absolute Gasteiger partial charge is 0.387 e. The maximum Gasteiger partial charge on any atom is 0.362 e. The average molecular weight is 529 g/mol. The molecule has 2 aromatic rings. The van der Waals surface area contributed by atoms with Crippen molar-refractivity contribution in [3.63, 3.8) is 0 Å². The van der Waals surface area contributed by atoms with Crippen LogP contribution >= 0.6 is 0 Å². The zero-order valence-electron chi connectivity index (χ0n) is 20.6. The standard InChI is InChI=1S/C22H36N6O7S/c1-3-4-5-6-7-8-9-10-14(2)21(31)27-36(32,33)34-11-15-17(29)18(30)22(35-15)28-13-26-16-19(23)24-12-25-20(16)28/h12-15,17-18,22,29-30H,3-11H2,1-2H3,(H,27,31)(H2,23,24,25)/t14-,15+,17+,18+,22+/m0/s1. The van der Waals surface area contributed by atoms with Gasteiger partial charge in [0.15, 0.2) is 17.7 Å². The van der Waals surface area contributed by atoms with Gasteiger partial charge in [-0.3, -0.25) is 13.5 Å². The first kappa shape index (κ1) is 28.2. The van der Waals surface area contributed by atoms with Gasteiger partial charge in [-0.2, -0.15) is 8.42 Å². The average Bonchev–Trinajstić information content (AvgIpc) is 3.38. The van der Waals surface area contributed by atoms with Gasteiger partial charge >= 0.3 is 10.3 Å². The van der Waals surface area contributed by atoms with Gasteiger partial charge in [-0.15, -0.1) is 0 Å². The summed E-state index contributed by atoms with van der Waals surface area (Å²) in [7, 11) is -4.44. The van der Waals surface area contributed by atoms with E-state index in [4.69, 9.17) is 14.7 Å². The number of hydrogen-bond acceptors (Lipinski definition) is 11. The van der Waals surface area contributed by atoms with E-state index in [9.17, 15) is 23.4 Å². The quantitative estimate of drug-likeness (QED) is 0.257. The molecule has 14 heteroatoms. The molecule has 36 heavy (non-hydrogen) atoms. The van der Waals surface area contributed by atoms with Crippen molar-refractivity contribution in [1.82, 2.24) is 24.2 Å². The highest BCUT2D eigenvalue weighted by atomic mass is 32.2. The first-order valence-electron chi connectivity index (χ1n) is 12.3. The molecule has 0 aliphatic carbocycles. The van der Waals surface area contributed by atoms with Gasteiger partial charge in [0.1, 0.15) is 30.2 Å². The number of nitrogens with two attached hydrogens (primary N) is 1. The van der Waals surface area contributed by atoms with Crippen molar-refractivity contribution in [2.24, 2.45) is 5.92 Å². The number of amides is 1. The number of carbonyl (C=O) groups is 1. The first-order valence-corrected chi connectivity index (χ1v) is 13.7. The van der Waals surface area contributed by atoms with E-state index in [1.807, 2.05) is 4.72 Å². The van der Waals surface area contributed by atoms with Crippen molar-refractivity contribution in [3.8, 4) is 0 Å². The Bertz CT molecular complexity index is 1110. The minimum atomic E-state index is -4.44. The molecule has 3 heterocycles. The number of unbranched alkanes of at least 4 members (excludes halogenated alkanes) is 6. The monoisotopic (exact) mass is 528 g/mol. The fraction of sp³-hybridized carbons (Fsp3) is 0.727. The number of anilines is 1. The Balaban J connectivity index is 1.48. The fourth-order valence-corrected chi connectivity index (χ4v) is 4.92. The summed E-state index contributed by atoms with van der Waals surface area (Å²) in [6.07, 6.45) is 5.63. The van der Waals surface area contributed by atoms with Crippen LogP contribution in [0.4, 0.5) is 5.82 Å². The number of aliphatic hydroxyl groups is 2. The number of nitrogen functional groups attached to an aromatic ring is 1. The van der Waals surface area contributed by atoms with E-state index >= 15 is 0 Å². The number of nitrogens with zero attached hydrogens (tertiary/aromatic N) is 4. The Hall–Kier alpha value is -2.39. The highest BCUT2D eigenvalue weighted by molar-refractivity contribution is 7.85. The second kappa shape index (κ2) is 12.7. The molecule has 0 radical (unpaired) electrons. The first-order chi connectivity index (χ1) is 17.1. The predicted molar refractivity (Wildman–Crippen MR) is 130 cm³/mol. The lowest BCUT2D eigenvalue weighted by molar-refractivity contribution is -0.123. The molecular weight excluding hydrogens is 492 g/mol. The second-order valence-corrected chi connectivity index (χ2v) is 10.5. The number of imidazole rings is 1. The number of fused-ring (bicyclic) bond motifs is 1. The number of rotatable bonds is 14.